The number of amidine groups is 1. The summed E-state index contributed by atoms with van der Waals surface area (Å²) in [5.41, 5.74) is 3.88. The Balaban J connectivity index is 1.94. The van der Waals surface area contributed by atoms with Gasteiger partial charge in [-0.2, -0.15) is 13.2 Å². The van der Waals surface area contributed by atoms with Crippen LogP contribution in [0.25, 0.3) is 5.76 Å². The number of Topliss-reactive ketones (excluding diaryl/α,β-unsaturated/α-hetero) is 1. The Morgan fingerprint density at radius 3 is 2.40 bits per heavy atom. The lowest BCUT2D eigenvalue weighted by molar-refractivity contribution is -0.192. The van der Waals surface area contributed by atoms with E-state index in [4.69, 9.17) is 10.5 Å². The van der Waals surface area contributed by atoms with Gasteiger partial charge in [0.1, 0.15) is 16.0 Å². The van der Waals surface area contributed by atoms with Gasteiger partial charge in [0.2, 0.25) is 10.0 Å². The molecular weight excluding hydrogens is 601 g/mol. The first-order valence-electron chi connectivity index (χ1n) is 12.4. The molecule has 2 aliphatic rings. The summed E-state index contributed by atoms with van der Waals surface area (Å²) in [5, 5.41) is 2.69. The third-order valence-corrected chi connectivity index (χ3v) is 8.47. The summed E-state index contributed by atoms with van der Waals surface area (Å²) >= 11 is 0. The van der Waals surface area contributed by atoms with Gasteiger partial charge >= 0.3 is 12.1 Å². The highest BCUT2D eigenvalue weighted by atomic mass is 32.3. The molecule has 0 bridgehead atoms. The lowest BCUT2D eigenvalue weighted by atomic mass is 9.70. The largest absolute Gasteiger partial charge is 0.491 e. The predicted octanol–water partition coefficient (Wildman–Crippen LogP) is 4.99. The number of hydrogen-bond donors (Lipinski definition) is 5. The maximum Gasteiger partial charge on any atom is 0.491 e. The van der Waals surface area contributed by atoms with Crippen LogP contribution in [0.15, 0.2) is 57.3 Å². The van der Waals surface area contributed by atoms with E-state index in [2.05, 4.69) is 14.4 Å². The second kappa shape index (κ2) is 10.4. The van der Waals surface area contributed by atoms with E-state index in [0.29, 0.717) is 6.42 Å². The first-order valence-corrected chi connectivity index (χ1v) is 15.8. The second-order valence-corrected chi connectivity index (χ2v) is 14.6. The predicted molar refractivity (Wildman–Crippen MR) is 152 cm³/mol. The zero-order valence-electron chi connectivity index (χ0n) is 22.9. The molecule has 16 heteroatoms. The molecule has 0 unspecified atom stereocenters. The van der Waals surface area contributed by atoms with Gasteiger partial charge in [-0.25, -0.2) is 13.2 Å². The van der Waals surface area contributed by atoms with Crippen molar-refractivity contribution in [1.82, 2.24) is 0 Å². The maximum atomic E-state index is 14.2. The third kappa shape index (κ3) is 6.32. The highest BCUT2D eigenvalue weighted by Gasteiger charge is 2.50. The number of alkyl halides is 3. The molecule has 0 saturated heterocycles. The molecule has 0 saturated carbocycles. The van der Waals surface area contributed by atoms with Gasteiger partial charge in [-0.3, -0.25) is 18.6 Å². The number of anilines is 2. The average molecular weight is 631 g/mol. The summed E-state index contributed by atoms with van der Waals surface area (Å²) in [7, 11) is -7.90. The lowest BCUT2D eigenvalue weighted by Gasteiger charge is -2.40. The molecule has 1 atom stereocenters. The summed E-state index contributed by atoms with van der Waals surface area (Å²) in [4.78, 5) is 26.0. The van der Waals surface area contributed by atoms with Crippen molar-refractivity contribution in [3.8, 4) is 0 Å². The Morgan fingerprint density at radius 2 is 1.81 bits per heavy atom. The number of carbonyl (C=O) groups excluding carboxylic acids is 2. The van der Waals surface area contributed by atoms with Crippen LogP contribution >= 0.6 is 10.8 Å². The topological polar surface area (TPSA) is 180 Å². The van der Waals surface area contributed by atoms with Gasteiger partial charge in [-0.1, -0.05) is 55.8 Å². The number of rotatable bonds is 6. The Hall–Kier alpha value is -3.44. The van der Waals surface area contributed by atoms with E-state index in [9.17, 15) is 40.3 Å². The fraction of sp³-hybridized carbons (Fsp3) is 0.346. The first-order chi connectivity index (χ1) is 19.1. The minimum atomic E-state index is -5.43. The van der Waals surface area contributed by atoms with Gasteiger partial charge in [-0.05, 0) is 42.0 Å². The van der Waals surface area contributed by atoms with E-state index >= 15 is 0 Å². The van der Waals surface area contributed by atoms with Crippen LogP contribution in [0, 0.1) is 5.41 Å². The molecule has 0 radical (unpaired) electrons. The summed E-state index contributed by atoms with van der Waals surface area (Å²) in [6, 6.07) is 9.40. The molecule has 0 amide bonds. The lowest BCUT2D eigenvalue weighted by Crippen LogP contribution is -2.51. The quantitative estimate of drug-likeness (QED) is 0.275. The summed E-state index contributed by atoms with van der Waals surface area (Å²) in [6.07, 6.45) is -4.10. The molecule has 1 heterocycles. The van der Waals surface area contributed by atoms with Gasteiger partial charge < -0.3 is 15.8 Å². The van der Waals surface area contributed by atoms with Gasteiger partial charge in [0, 0.05) is 5.56 Å². The standard InChI is InChI=1S/C26H29F3N4O7S2/c1-24(2,3)11-12-25(30)16-8-6-5-7-15(16)20(40-23(35)26(27,28)29)19(21(25)34)22-31-17-10-9-14(32-41(4,36)37)13-18(17)42(38,39)33-22/h5-10,13,32,38-39H,11-12,30H2,1-4H3,(H,31,33)/t25-/m0/s1. The number of nitrogens with zero attached hydrogens (tertiary/aromatic N) is 1. The van der Waals surface area contributed by atoms with E-state index in [1.807, 2.05) is 20.8 Å². The minimum Gasteiger partial charge on any atom is -0.418 e. The van der Waals surface area contributed by atoms with Crippen LogP contribution < -0.4 is 15.8 Å². The van der Waals surface area contributed by atoms with Crippen molar-refractivity contribution in [3.05, 3.63) is 59.2 Å². The van der Waals surface area contributed by atoms with Crippen LogP contribution in [0.1, 0.15) is 44.7 Å². The number of halogens is 3. The number of sulfonamides is 1. The Labute approximate surface area is 241 Å². The van der Waals surface area contributed by atoms with Crippen molar-refractivity contribution < 1.29 is 45.0 Å². The molecule has 11 nitrogen and oxygen atoms in total. The SMILES string of the molecule is CC(C)(C)CC[C@@]1(N)C(=O)C(C2=NS(O)(O)c3cc(NS(C)(=O)=O)ccc3N2)=C(OC(=O)C(F)(F)F)c2ccccc21. The number of hydrogen-bond acceptors (Lipinski definition) is 10. The van der Waals surface area contributed by atoms with E-state index < -0.39 is 61.4 Å². The summed E-state index contributed by atoms with van der Waals surface area (Å²) in [6.45, 7) is 5.73. The molecule has 2 aromatic rings. The van der Waals surface area contributed by atoms with Crippen LogP contribution in [0.5, 0.6) is 0 Å². The monoisotopic (exact) mass is 630 g/mol. The molecule has 2 aromatic carbocycles. The van der Waals surface area contributed by atoms with Crippen LogP contribution in [0.4, 0.5) is 24.5 Å². The maximum absolute atomic E-state index is 14.2. The Kier molecular flexibility index (Phi) is 7.78. The molecule has 1 aliphatic heterocycles. The van der Waals surface area contributed by atoms with Crippen LogP contribution in [-0.4, -0.2) is 47.5 Å². The molecule has 6 N–H and O–H groups in total. The van der Waals surface area contributed by atoms with E-state index in [0.717, 1.165) is 12.3 Å². The number of nitrogens with one attached hydrogen (secondary N) is 2. The van der Waals surface area contributed by atoms with Crippen molar-refractivity contribution in [2.45, 2.75) is 50.2 Å². The van der Waals surface area contributed by atoms with Crippen molar-refractivity contribution in [1.29, 1.82) is 0 Å². The number of ether oxygens (including phenoxy) is 1. The Bertz CT molecular complexity index is 1650. The fourth-order valence-electron chi connectivity index (χ4n) is 4.51. The average Bonchev–Trinajstić information content (AvgIpc) is 2.84. The van der Waals surface area contributed by atoms with E-state index in [1.54, 1.807) is 0 Å². The molecule has 228 valence electrons. The van der Waals surface area contributed by atoms with Gasteiger partial charge in [0.25, 0.3) is 0 Å². The molecule has 4 rings (SSSR count). The summed E-state index contributed by atoms with van der Waals surface area (Å²) < 4.78 is 96.1. The van der Waals surface area contributed by atoms with Crippen LogP contribution in [-0.2, 0) is 29.9 Å². The molecule has 0 fully saturated rings. The van der Waals surface area contributed by atoms with Gasteiger partial charge in [0.15, 0.2) is 17.4 Å². The number of carbonyl (C=O) groups is 2. The molecule has 1 aliphatic carbocycles. The third-order valence-electron chi connectivity index (χ3n) is 6.50. The zero-order valence-corrected chi connectivity index (χ0v) is 24.5. The highest BCUT2D eigenvalue weighted by molar-refractivity contribution is 8.23. The van der Waals surface area contributed by atoms with Crippen molar-refractivity contribution in [3.63, 3.8) is 0 Å². The Morgan fingerprint density at radius 1 is 1.17 bits per heavy atom. The highest BCUT2D eigenvalue weighted by Crippen LogP contribution is 2.57. The molecule has 0 aromatic heterocycles. The number of esters is 1. The fourth-order valence-corrected chi connectivity index (χ4v) is 6.25. The van der Waals surface area contributed by atoms with Crippen LogP contribution in [0.2, 0.25) is 0 Å². The van der Waals surface area contributed by atoms with Crippen molar-refractivity contribution in [2.24, 2.45) is 15.5 Å². The van der Waals surface area contributed by atoms with E-state index in [1.165, 1.54) is 36.4 Å². The number of nitrogens with two attached hydrogens (primary N) is 1. The van der Waals surface area contributed by atoms with Gasteiger partial charge in [-0.15, -0.1) is 4.40 Å². The molecular formula is C26H29F3N4O7S2. The minimum absolute atomic E-state index is 0.0264. The molecule has 42 heavy (non-hydrogen) atoms. The number of fused-ring (bicyclic) bond motifs is 2. The first kappa shape index (κ1) is 31.5. The smallest absolute Gasteiger partial charge is 0.418 e. The number of ketones is 1. The summed E-state index contributed by atoms with van der Waals surface area (Å²) in [5.74, 6) is -4.98. The second-order valence-electron chi connectivity index (χ2n) is 11.2. The van der Waals surface area contributed by atoms with Crippen LogP contribution in [0.3, 0.4) is 0 Å². The molecule has 0 spiro atoms. The normalized spacial score (nSPS) is 21.0. The zero-order chi connectivity index (χ0) is 31.5. The van der Waals surface area contributed by atoms with E-state index in [-0.39, 0.29) is 39.2 Å². The van der Waals surface area contributed by atoms with Crippen molar-refractivity contribution >= 4 is 55.5 Å². The number of benzene rings is 2. The van der Waals surface area contributed by atoms with Gasteiger partial charge in [0.05, 0.1) is 17.6 Å². The van der Waals surface area contributed by atoms with Crippen molar-refractivity contribution in [2.75, 3.05) is 16.3 Å².